The van der Waals surface area contributed by atoms with Gasteiger partial charge in [-0.05, 0) is 30.7 Å². The molecule has 1 unspecified atom stereocenters. The first-order valence-electron chi connectivity index (χ1n) is 7.59. The molecule has 2 amide bonds. The molecule has 3 rings (SSSR count). The third-order valence-corrected chi connectivity index (χ3v) is 6.03. The van der Waals surface area contributed by atoms with Crippen molar-refractivity contribution in [2.75, 3.05) is 0 Å². The molecule has 0 fully saturated rings. The van der Waals surface area contributed by atoms with Crippen molar-refractivity contribution in [1.29, 1.82) is 0 Å². The Hall–Kier alpha value is -2.22. The predicted octanol–water partition coefficient (Wildman–Crippen LogP) is 3.86. The van der Waals surface area contributed by atoms with Crippen LogP contribution in [0, 0.1) is 0 Å². The van der Waals surface area contributed by atoms with Crippen molar-refractivity contribution in [1.82, 2.24) is 15.2 Å². The minimum Gasteiger partial charge on any atom is -0.298 e. The van der Waals surface area contributed by atoms with Crippen molar-refractivity contribution >= 4 is 39.3 Å². The normalized spacial score (nSPS) is 16.8. The lowest BCUT2D eigenvalue weighted by molar-refractivity contribution is 0.179. The average molecular weight is 412 g/mol. The molecule has 1 atom stereocenters. The first-order valence-corrected chi connectivity index (χ1v) is 9.83. The Morgan fingerprint density at radius 3 is 2.31 bits per heavy atom. The molecule has 0 saturated carbocycles. The second-order valence-corrected chi connectivity index (χ2v) is 8.08. The van der Waals surface area contributed by atoms with E-state index in [4.69, 9.17) is 23.2 Å². The number of rotatable bonds is 3. The monoisotopic (exact) mass is 411 g/mol. The van der Waals surface area contributed by atoms with E-state index in [0.717, 1.165) is 11.3 Å². The summed E-state index contributed by atoms with van der Waals surface area (Å²) < 4.78 is 27.2. The van der Waals surface area contributed by atoms with Crippen LogP contribution in [0.5, 0.6) is 0 Å². The van der Waals surface area contributed by atoms with Crippen LogP contribution in [0.15, 0.2) is 65.2 Å². The molecule has 1 heterocycles. The van der Waals surface area contributed by atoms with Crippen molar-refractivity contribution in [3.8, 4) is 0 Å². The number of carbonyl (C=O) groups is 1. The molecule has 0 radical (unpaired) electrons. The summed E-state index contributed by atoms with van der Waals surface area (Å²) in [5, 5.41) is 1.06. The van der Waals surface area contributed by atoms with E-state index in [-0.39, 0.29) is 14.9 Å². The maximum absolute atomic E-state index is 12.6. The SMILES string of the molecule is CC1=CC(c2ccccc2)N(C(=O)NS(=O)(=O)c2c(Cl)cccc2Cl)N1. The molecule has 0 spiro atoms. The number of benzene rings is 2. The van der Waals surface area contributed by atoms with Crippen LogP contribution in [0.2, 0.25) is 10.0 Å². The highest BCUT2D eigenvalue weighted by Crippen LogP contribution is 2.30. The Morgan fingerprint density at radius 2 is 1.69 bits per heavy atom. The molecule has 6 nitrogen and oxygen atoms in total. The van der Waals surface area contributed by atoms with Gasteiger partial charge in [-0.25, -0.2) is 22.9 Å². The van der Waals surface area contributed by atoms with Crippen LogP contribution in [0.3, 0.4) is 0 Å². The zero-order chi connectivity index (χ0) is 18.9. The summed E-state index contributed by atoms with van der Waals surface area (Å²) in [7, 11) is -4.25. The number of nitrogens with one attached hydrogen (secondary N) is 2. The smallest absolute Gasteiger partial charge is 0.298 e. The number of amides is 2. The lowest BCUT2D eigenvalue weighted by Crippen LogP contribution is -2.47. The fraction of sp³-hybridized carbons (Fsp3) is 0.118. The molecule has 26 heavy (non-hydrogen) atoms. The third-order valence-electron chi connectivity index (χ3n) is 3.75. The van der Waals surface area contributed by atoms with Crippen LogP contribution in [0.1, 0.15) is 18.5 Å². The molecule has 9 heteroatoms. The Bertz CT molecular complexity index is 958. The maximum Gasteiger partial charge on any atom is 0.350 e. The van der Waals surface area contributed by atoms with Gasteiger partial charge in [-0.1, -0.05) is 59.6 Å². The molecular formula is C17H15Cl2N3O3S. The number of nitrogens with zero attached hydrogens (tertiary/aromatic N) is 1. The summed E-state index contributed by atoms with van der Waals surface area (Å²) in [6.07, 6.45) is 1.82. The zero-order valence-corrected chi connectivity index (χ0v) is 15.9. The van der Waals surface area contributed by atoms with Gasteiger partial charge in [-0.2, -0.15) is 0 Å². The molecule has 0 aliphatic carbocycles. The van der Waals surface area contributed by atoms with Gasteiger partial charge in [-0.3, -0.25) is 5.43 Å². The van der Waals surface area contributed by atoms with E-state index < -0.39 is 22.1 Å². The van der Waals surface area contributed by atoms with Crippen LogP contribution in [-0.2, 0) is 10.0 Å². The van der Waals surface area contributed by atoms with Crippen molar-refractivity contribution in [2.45, 2.75) is 17.9 Å². The highest BCUT2D eigenvalue weighted by Gasteiger charge is 2.32. The van der Waals surface area contributed by atoms with Gasteiger partial charge in [0, 0.05) is 5.70 Å². The van der Waals surface area contributed by atoms with E-state index in [0.29, 0.717) is 0 Å². The number of hydrazine groups is 1. The Kier molecular flexibility index (Phi) is 5.13. The van der Waals surface area contributed by atoms with Gasteiger partial charge in [0.25, 0.3) is 10.0 Å². The fourth-order valence-corrected chi connectivity index (χ4v) is 4.72. The maximum atomic E-state index is 12.6. The second kappa shape index (κ2) is 7.19. The summed E-state index contributed by atoms with van der Waals surface area (Å²) in [6.45, 7) is 1.78. The minimum atomic E-state index is -4.25. The number of hydrogen-bond acceptors (Lipinski definition) is 4. The quantitative estimate of drug-likeness (QED) is 0.803. The molecule has 2 aromatic carbocycles. The number of allylic oxidation sites excluding steroid dienone is 1. The Labute approximate surface area is 161 Å². The molecule has 136 valence electrons. The van der Waals surface area contributed by atoms with Gasteiger partial charge < -0.3 is 0 Å². The molecule has 2 N–H and O–H groups in total. The van der Waals surface area contributed by atoms with Crippen LogP contribution >= 0.6 is 23.2 Å². The number of urea groups is 1. The molecular weight excluding hydrogens is 397 g/mol. The topological polar surface area (TPSA) is 78.5 Å². The number of sulfonamides is 1. The standard InChI is InChI=1S/C17H15Cl2N3O3S/c1-11-10-15(12-6-3-2-4-7-12)22(20-11)17(23)21-26(24,25)16-13(18)8-5-9-14(16)19/h2-10,15,20H,1H3,(H,21,23). The average Bonchev–Trinajstić information content (AvgIpc) is 2.97. The van der Waals surface area contributed by atoms with Gasteiger partial charge >= 0.3 is 6.03 Å². The molecule has 0 aromatic heterocycles. The van der Waals surface area contributed by atoms with Gasteiger partial charge in [0.2, 0.25) is 0 Å². The van der Waals surface area contributed by atoms with E-state index in [9.17, 15) is 13.2 Å². The first-order chi connectivity index (χ1) is 12.3. The first kappa shape index (κ1) is 18.6. The van der Waals surface area contributed by atoms with Gasteiger partial charge in [0.15, 0.2) is 0 Å². The van der Waals surface area contributed by atoms with E-state index in [1.54, 1.807) is 6.92 Å². The third kappa shape index (κ3) is 3.65. The number of halogens is 2. The van der Waals surface area contributed by atoms with Gasteiger partial charge in [-0.15, -0.1) is 0 Å². The predicted molar refractivity (Wildman–Crippen MR) is 100 cm³/mol. The molecule has 1 aliphatic heterocycles. The minimum absolute atomic E-state index is 0.0684. The van der Waals surface area contributed by atoms with Crippen molar-refractivity contribution in [2.24, 2.45) is 0 Å². The van der Waals surface area contributed by atoms with Crippen LogP contribution in [0.4, 0.5) is 4.79 Å². The van der Waals surface area contributed by atoms with Crippen molar-refractivity contribution < 1.29 is 13.2 Å². The Balaban J connectivity index is 1.88. The summed E-state index contributed by atoms with van der Waals surface area (Å²) in [5.74, 6) is 0. The number of carbonyl (C=O) groups excluding carboxylic acids is 1. The van der Waals surface area contributed by atoms with E-state index in [1.807, 2.05) is 41.1 Å². The van der Waals surface area contributed by atoms with Gasteiger partial charge in [0.1, 0.15) is 10.9 Å². The fourth-order valence-electron chi connectivity index (χ4n) is 2.64. The number of hydrogen-bond donors (Lipinski definition) is 2. The summed E-state index contributed by atoms with van der Waals surface area (Å²) in [5.41, 5.74) is 4.42. The molecule has 1 aliphatic rings. The molecule has 2 aromatic rings. The van der Waals surface area contributed by atoms with Crippen molar-refractivity contribution in [3.63, 3.8) is 0 Å². The van der Waals surface area contributed by atoms with E-state index in [1.165, 1.54) is 23.2 Å². The molecule has 0 bridgehead atoms. The van der Waals surface area contributed by atoms with Crippen molar-refractivity contribution in [3.05, 3.63) is 75.9 Å². The Morgan fingerprint density at radius 1 is 1.08 bits per heavy atom. The van der Waals surface area contributed by atoms with Crippen LogP contribution in [0.25, 0.3) is 0 Å². The highest BCUT2D eigenvalue weighted by atomic mass is 35.5. The van der Waals surface area contributed by atoms with E-state index in [2.05, 4.69) is 5.43 Å². The van der Waals surface area contributed by atoms with Crippen LogP contribution < -0.4 is 10.1 Å². The largest absolute Gasteiger partial charge is 0.350 e. The van der Waals surface area contributed by atoms with Crippen LogP contribution in [-0.4, -0.2) is 19.5 Å². The summed E-state index contributed by atoms with van der Waals surface area (Å²) in [6, 6.07) is 12.2. The second-order valence-electron chi connectivity index (χ2n) is 5.65. The highest BCUT2D eigenvalue weighted by molar-refractivity contribution is 7.90. The molecule has 0 saturated heterocycles. The lowest BCUT2D eigenvalue weighted by Gasteiger charge is -2.25. The summed E-state index contributed by atoms with van der Waals surface area (Å²) >= 11 is 11.9. The van der Waals surface area contributed by atoms with E-state index >= 15 is 0 Å². The zero-order valence-electron chi connectivity index (χ0n) is 13.6. The summed E-state index contributed by atoms with van der Waals surface area (Å²) in [4.78, 5) is 12.3. The van der Waals surface area contributed by atoms with Gasteiger partial charge in [0.05, 0.1) is 10.0 Å². The lowest BCUT2D eigenvalue weighted by atomic mass is 10.1.